The third-order valence-corrected chi connectivity index (χ3v) is 3.53. The lowest BCUT2D eigenvalue weighted by molar-refractivity contribution is -0.150. The molecule has 0 aromatic carbocycles. The number of carbonyl (C=O) groups is 1. The van der Waals surface area contributed by atoms with Crippen molar-refractivity contribution in [2.24, 2.45) is 11.3 Å². The highest BCUT2D eigenvalue weighted by atomic mass is 16.5. The van der Waals surface area contributed by atoms with Gasteiger partial charge < -0.3 is 15.0 Å². The Labute approximate surface area is 111 Å². The van der Waals surface area contributed by atoms with E-state index in [0.717, 1.165) is 19.4 Å². The van der Waals surface area contributed by atoms with Crippen LogP contribution in [0.15, 0.2) is 0 Å². The Bertz CT molecular complexity index is 295. The van der Waals surface area contributed by atoms with Gasteiger partial charge in [0.15, 0.2) is 0 Å². The minimum Gasteiger partial charge on any atom is -0.468 e. The fraction of sp³-hybridized carbons (Fsp3) is 0.929. The molecule has 4 nitrogen and oxygen atoms in total. The fourth-order valence-corrected chi connectivity index (χ4v) is 2.80. The number of esters is 1. The van der Waals surface area contributed by atoms with Crippen LogP contribution in [0.5, 0.6) is 0 Å². The van der Waals surface area contributed by atoms with Crippen LogP contribution in [0.3, 0.4) is 0 Å². The third kappa shape index (κ3) is 3.69. The minimum absolute atomic E-state index is 0.131. The van der Waals surface area contributed by atoms with E-state index < -0.39 is 5.54 Å². The Morgan fingerprint density at radius 3 is 2.22 bits per heavy atom. The van der Waals surface area contributed by atoms with Gasteiger partial charge in [0.1, 0.15) is 5.54 Å². The molecule has 0 spiro atoms. The van der Waals surface area contributed by atoms with E-state index >= 15 is 0 Å². The predicted molar refractivity (Wildman–Crippen MR) is 73.5 cm³/mol. The molecule has 0 amide bonds. The molecule has 0 bridgehead atoms. The number of methoxy groups -OCH3 is 1. The first kappa shape index (κ1) is 15.4. The van der Waals surface area contributed by atoms with Gasteiger partial charge in [-0.05, 0) is 38.3 Å². The second kappa shape index (κ2) is 5.57. The predicted octanol–water partition coefficient (Wildman–Crippen LogP) is 1.51. The number of nitrogens with zero attached hydrogens (tertiary/aromatic N) is 1. The maximum absolute atomic E-state index is 12.1. The zero-order valence-electron chi connectivity index (χ0n) is 12.7. The molecule has 0 radical (unpaired) electrons. The second-order valence-corrected chi connectivity index (χ2v) is 6.72. The maximum atomic E-state index is 12.1. The molecule has 0 aromatic rings. The molecule has 18 heavy (non-hydrogen) atoms. The molecule has 106 valence electrons. The van der Waals surface area contributed by atoms with Crippen LogP contribution < -0.4 is 5.32 Å². The Morgan fingerprint density at radius 1 is 1.33 bits per heavy atom. The SMILES string of the molecule is CNC(CN(C)CC(C)(C)C)(C(=O)OC)C1CC1. The lowest BCUT2D eigenvalue weighted by atomic mass is 9.90. The lowest BCUT2D eigenvalue weighted by Gasteiger charge is -2.37. The van der Waals surface area contributed by atoms with Crippen LogP contribution in [-0.2, 0) is 9.53 Å². The van der Waals surface area contributed by atoms with Crippen LogP contribution in [-0.4, -0.2) is 50.7 Å². The lowest BCUT2D eigenvalue weighted by Crippen LogP contribution is -2.60. The fourth-order valence-electron chi connectivity index (χ4n) is 2.80. The van der Waals surface area contributed by atoms with Gasteiger partial charge in [0.05, 0.1) is 7.11 Å². The molecule has 1 saturated carbocycles. The normalized spacial score (nSPS) is 19.7. The van der Waals surface area contributed by atoms with E-state index in [-0.39, 0.29) is 11.4 Å². The van der Waals surface area contributed by atoms with E-state index in [0.29, 0.717) is 12.5 Å². The highest BCUT2D eigenvalue weighted by Gasteiger charge is 2.51. The van der Waals surface area contributed by atoms with Gasteiger partial charge in [-0.3, -0.25) is 0 Å². The average Bonchev–Trinajstić information content (AvgIpc) is 3.06. The molecule has 0 aromatic heterocycles. The van der Waals surface area contributed by atoms with Crippen molar-refractivity contribution in [3.8, 4) is 0 Å². The molecule has 1 N–H and O–H groups in total. The van der Waals surface area contributed by atoms with E-state index in [9.17, 15) is 4.79 Å². The Balaban J connectivity index is 2.75. The van der Waals surface area contributed by atoms with Gasteiger partial charge in [-0.1, -0.05) is 20.8 Å². The van der Waals surface area contributed by atoms with Gasteiger partial charge >= 0.3 is 5.97 Å². The number of carbonyl (C=O) groups excluding carboxylic acids is 1. The first-order valence-electron chi connectivity index (χ1n) is 6.71. The van der Waals surface area contributed by atoms with E-state index in [2.05, 4.69) is 38.0 Å². The van der Waals surface area contributed by atoms with E-state index in [1.54, 1.807) is 0 Å². The van der Waals surface area contributed by atoms with Gasteiger partial charge in [-0.25, -0.2) is 4.79 Å². The van der Waals surface area contributed by atoms with E-state index in [4.69, 9.17) is 4.74 Å². The van der Waals surface area contributed by atoms with Crippen LogP contribution in [0.2, 0.25) is 0 Å². The van der Waals surface area contributed by atoms with Gasteiger partial charge in [0.2, 0.25) is 0 Å². The molecule has 1 unspecified atom stereocenters. The number of hydrogen-bond donors (Lipinski definition) is 1. The largest absolute Gasteiger partial charge is 0.468 e. The summed E-state index contributed by atoms with van der Waals surface area (Å²) >= 11 is 0. The number of rotatable bonds is 6. The summed E-state index contributed by atoms with van der Waals surface area (Å²) < 4.78 is 5.01. The summed E-state index contributed by atoms with van der Waals surface area (Å²) in [5.41, 5.74) is -0.303. The molecule has 0 heterocycles. The van der Waals surface area contributed by atoms with Crippen molar-refractivity contribution in [2.45, 2.75) is 39.2 Å². The van der Waals surface area contributed by atoms with Gasteiger partial charge in [-0.15, -0.1) is 0 Å². The quantitative estimate of drug-likeness (QED) is 0.731. The molecule has 1 fully saturated rings. The standard InChI is InChI=1S/C14H28N2O2/c1-13(2,3)9-16(5)10-14(15-4,11-7-8-11)12(17)18-6/h11,15H,7-10H2,1-6H3. The van der Waals surface area contributed by atoms with E-state index in [1.165, 1.54) is 7.11 Å². The summed E-state index contributed by atoms with van der Waals surface area (Å²) in [7, 11) is 5.41. The molecule has 0 aliphatic heterocycles. The third-order valence-electron chi connectivity index (χ3n) is 3.53. The maximum Gasteiger partial charge on any atom is 0.327 e. The first-order chi connectivity index (χ1) is 8.25. The van der Waals surface area contributed by atoms with Crippen molar-refractivity contribution in [1.82, 2.24) is 10.2 Å². The van der Waals surface area contributed by atoms with Crippen LogP contribution in [0.1, 0.15) is 33.6 Å². The molecular weight excluding hydrogens is 228 g/mol. The number of hydrogen-bond acceptors (Lipinski definition) is 4. The molecular formula is C14H28N2O2. The molecule has 1 atom stereocenters. The zero-order valence-corrected chi connectivity index (χ0v) is 12.7. The average molecular weight is 256 g/mol. The van der Waals surface area contributed by atoms with Gasteiger partial charge in [0, 0.05) is 13.1 Å². The summed E-state index contributed by atoms with van der Waals surface area (Å²) in [6, 6.07) is 0. The van der Waals surface area contributed by atoms with Crippen molar-refractivity contribution < 1.29 is 9.53 Å². The van der Waals surface area contributed by atoms with Gasteiger partial charge in [-0.2, -0.15) is 0 Å². The topological polar surface area (TPSA) is 41.6 Å². The zero-order chi connectivity index (χ0) is 14.0. The highest BCUT2D eigenvalue weighted by Crippen LogP contribution is 2.40. The monoisotopic (exact) mass is 256 g/mol. The number of ether oxygens (including phenoxy) is 1. The first-order valence-corrected chi connectivity index (χ1v) is 6.71. The van der Waals surface area contributed by atoms with Crippen molar-refractivity contribution in [2.75, 3.05) is 34.3 Å². The van der Waals surface area contributed by atoms with Crippen LogP contribution in [0.25, 0.3) is 0 Å². The van der Waals surface area contributed by atoms with Crippen LogP contribution >= 0.6 is 0 Å². The second-order valence-electron chi connectivity index (χ2n) is 6.72. The van der Waals surface area contributed by atoms with E-state index in [1.807, 2.05) is 7.05 Å². The number of likely N-dealkylation sites (N-methyl/N-ethyl adjacent to an activating group) is 2. The molecule has 1 aliphatic carbocycles. The summed E-state index contributed by atoms with van der Waals surface area (Å²) in [6.45, 7) is 8.29. The molecule has 1 aliphatic rings. The minimum atomic E-state index is -0.533. The van der Waals surface area contributed by atoms with Crippen molar-refractivity contribution in [3.05, 3.63) is 0 Å². The smallest absolute Gasteiger partial charge is 0.327 e. The van der Waals surface area contributed by atoms with Crippen LogP contribution in [0.4, 0.5) is 0 Å². The Morgan fingerprint density at radius 2 is 1.89 bits per heavy atom. The Hall–Kier alpha value is -0.610. The molecule has 1 rings (SSSR count). The van der Waals surface area contributed by atoms with Crippen LogP contribution in [0, 0.1) is 11.3 Å². The summed E-state index contributed by atoms with van der Waals surface area (Å²) in [5, 5.41) is 3.23. The summed E-state index contributed by atoms with van der Waals surface area (Å²) in [6.07, 6.45) is 2.22. The highest BCUT2D eigenvalue weighted by molar-refractivity contribution is 5.82. The molecule has 4 heteroatoms. The summed E-state index contributed by atoms with van der Waals surface area (Å²) in [5.74, 6) is 0.283. The molecule has 0 saturated heterocycles. The summed E-state index contributed by atoms with van der Waals surface area (Å²) in [4.78, 5) is 14.4. The van der Waals surface area contributed by atoms with Crippen molar-refractivity contribution in [1.29, 1.82) is 0 Å². The van der Waals surface area contributed by atoms with Crippen molar-refractivity contribution in [3.63, 3.8) is 0 Å². The Kier molecular flexibility index (Phi) is 4.78. The van der Waals surface area contributed by atoms with Crippen molar-refractivity contribution >= 4 is 5.97 Å². The number of nitrogens with one attached hydrogen (secondary N) is 1. The van der Waals surface area contributed by atoms with Gasteiger partial charge in [0.25, 0.3) is 0 Å².